The van der Waals surface area contributed by atoms with Crippen LogP contribution in [0.4, 0.5) is 11.8 Å². The molecule has 0 aliphatic carbocycles. The summed E-state index contributed by atoms with van der Waals surface area (Å²) in [5, 5.41) is 11.1. The van der Waals surface area contributed by atoms with Crippen molar-refractivity contribution < 1.29 is 9.47 Å². The molecule has 1 aromatic heterocycles. The molecule has 0 saturated carbocycles. The van der Waals surface area contributed by atoms with E-state index in [1.807, 2.05) is 24.3 Å². The van der Waals surface area contributed by atoms with Crippen LogP contribution in [0.1, 0.15) is 13.8 Å². The van der Waals surface area contributed by atoms with Gasteiger partial charge in [-0.1, -0.05) is 0 Å². The van der Waals surface area contributed by atoms with Gasteiger partial charge in [0.2, 0.25) is 5.95 Å². The van der Waals surface area contributed by atoms with Gasteiger partial charge >= 0.3 is 0 Å². The number of methoxy groups -OCH3 is 1. The predicted molar refractivity (Wildman–Crippen MR) is 90.4 cm³/mol. The molecule has 0 aliphatic rings. The monoisotopic (exact) mass is 317 g/mol. The van der Waals surface area contributed by atoms with Gasteiger partial charge in [-0.3, -0.25) is 0 Å². The first-order valence-electron chi connectivity index (χ1n) is 7.72. The molecule has 2 rings (SSSR count). The van der Waals surface area contributed by atoms with Gasteiger partial charge in [0, 0.05) is 13.1 Å². The number of nitrogens with one attached hydrogen (secondary N) is 1. The third kappa shape index (κ3) is 4.98. The molecule has 0 bridgehead atoms. The normalized spacial score (nSPS) is 10.2. The van der Waals surface area contributed by atoms with Gasteiger partial charge in [0.1, 0.15) is 18.1 Å². The lowest BCUT2D eigenvalue weighted by Gasteiger charge is -2.19. The number of benzene rings is 1. The van der Waals surface area contributed by atoms with Crippen molar-refractivity contribution in [2.24, 2.45) is 0 Å². The molecule has 2 aromatic rings. The Morgan fingerprint density at radius 1 is 1.09 bits per heavy atom. The summed E-state index contributed by atoms with van der Waals surface area (Å²) in [4.78, 5) is 6.57. The van der Waals surface area contributed by atoms with Crippen molar-refractivity contribution in [3.63, 3.8) is 0 Å². The van der Waals surface area contributed by atoms with E-state index in [1.54, 1.807) is 13.3 Å². The largest absolute Gasteiger partial charge is 0.497 e. The Labute approximate surface area is 136 Å². The lowest BCUT2D eigenvalue weighted by atomic mass is 10.3. The second-order valence-corrected chi connectivity index (χ2v) is 4.76. The highest BCUT2D eigenvalue weighted by atomic mass is 16.5. The average Bonchev–Trinajstić information content (AvgIpc) is 2.61. The van der Waals surface area contributed by atoms with E-state index in [9.17, 15) is 0 Å². The number of hydrogen-bond acceptors (Lipinski definition) is 7. The quantitative estimate of drug-likeness (QED) is 0.711. The highest BCUT2D eigenvalue weighted by Crippen LogP contribution is 2.16. The third-order valence-electron chi connectivity index (χ3n) is 3.35. The zero-order valence-corrected chi connectivity index (χ0v) is 13.8. The summed E-state index contributed by atoms with van der Waals surface area (Å²) in [5.74, 6) is 2.93. The Bertz CT molecular complexity index is 587. The minimum absolute atomic E-state index is 0.505. The van der Waals surface area contributed by atoms with E-state index in [-0.39, 0.29) is 0 Å². The van der Waals surface area contributed by atoms with Gasteiger partial charge in [0.05, 0.1) is 19.9 Å². The molecular weight excluding hydrogens is 294 g/mol. The average molecular weight is 317 g/mol. The fourth-order valence-corrected chi connectivity index (χ4v) is 2.07. The summed E-state index contributed by atoms with van der Waals surface area (Å²) in [6.07, 6.45) is 1.67. The SMILES string of the molecule is CCN(CC)c1cnnc(NCCOc2ccc(OC)cc2)n1. The van der Waals surface area contributed by atoms with Crippen LogP contribution >= 0.6 is 0 Å². The van der Waals surface area contributed by atoms with Crippen LogP contribution in [0, 0.1) is 0 Å². The van der Waals surface area contributed by atoms with E-state index in [4.69, 9.17) is 9.47 Å². The van der Waals surface area contributed by atoms with E-state index in [0.717, 1.165) is 30.4 Å². The van der Waals surface area contributed by atoms with Crippen LogP contribution in [0.25, 0.3) is 0 Å². The number of anilines is 2. The Morgan fingerprint density at radius 3 is 2.43 bits per heavy atom. The summed E-state index contributed by atoms with van der Waals surface area (Å²) >= 11 is 0. The van der Waals surface area contributed by atoms with Crippen molar-refractivity contribution in [3.05, 3.63) is 30.5 Å². The highest BCUT2D eigenvalue weighted by molar-refractivity contribution is 5.39. The second kappa shape index (κ2) is 8.77. The van der Waals surface area contributed by atoms with Crippen molar-refractivity contribution in [2.45, 2.75) is 13.8 Å². The molecule has 0 amide bonds. The maximum Gasteiger partial charge on any atom is 0.244 e. The molecular formula is C16H23N5O2. The Morgan fingerprint density at radius 2 is 1.78 bits per heavy atom. The molecule has 7 nitrogen and oxygen atoms in total. The topological polar surface area (TPSA) is 72.4 Å². The van der Waals surface area contributed by atoms with E-state index >= 15 is 0 Å². The van der Waals surface area contributed by atoms with Crippen LogP contribution in [0.5, 0.6) is 11.5 Å². The molecule has 0 atom stereocenters. The standard InChI is InChI=1S/C16H23N5O2/c1-4-21(5-2)15-12-18-20-16(19-15)17-10-11-23-14-8-6-13(22-3)7-9-14/h6-9,12H,4-5,10-11H2,1-3H3,(H,17,19,20). The van der Waals surface area contributed by atoms with E-state index in [0.29, 0.717) is 19.1 Å². The van der Waals surface area contributed by atoms with Gasteiger partial charge < -0.3 is 19.7 Å². The van der Waals surface area contributed by atoms with Gasteiger partial charge in [0.15, 0.2) is 5.82 Å². The van der Waals surface area contributed by atoms with Crippen LogP contribution in [0.2, 0.25) is 0 Å². The lowest BCUT2D eigenvalue weighted by molar-refractivity contribution is 0.331. The van der Waals surface area contributed by atoms with Crippen molar-refractivity contribution >= 4 is 11.8 Å². The van der Waals surface area contributed by atoms with Crippen LogP contribution in [0.3, 0.4) is 0 Å². The van der Waals surface area contributed by atoms with Crippen molar-refractivity contribution in [1.82, 2.24) is 15.2 Å². The maximum atomic E-state index is 5.64. The molecule has 0 radical (unpaired) electrons. The smallest absolute Gasteiger partial charge is 0.244 e. The Hall–Kier alpha value is -2.57. The molecule has 0 spiro atoms. The zero-order chi connectivity index (χ0) is 16.5. The van der Waals surface area contributed by atoms with Crippen molar-refractivity contribution in [2.75, 3.05) is 43.6 Å². The van der Waals surface area contributed by atoms with Crippen LogP contribution in [-0.4, -0.2) is 48.5 Å². The Kier molecular flexibility index (Phi) is 6.40. The van der Waals surface area contributed by atoms with Gasteiger partial charge in [-0.05, 0) is 38.1 Å². The van der Waals surface area contributed by atoms with Gasteiger partial charge in [-0.2, -0.15) is 10.1 Å². The highest BCUT2D eigenvalue weighted by Gasteiger charge is 2.06. The second-order valence-electron chi connectivity index (χ2n) is 4.76. The summed E-state index contributed by atoms with van der Waals surface area (Å²) in [6.45, 7) is 7.04. The molecule has 1 aromatic carbocycles. The summed E-state index contributed by atoms with van der Waals surface area (Å²) in [7, 11) is 1.64. The molecule has 1 N–H and O–H groups in total. The molecule has 0 aliphatic heterocycles. The van der Waals surface area contributed by atoms with E-state index < -0.39 is 0 Å². The van der Waals surface area contributed by atoms with Gasteiger partial charge in [-0.25, -0.2) is 0 Å². The molecule has 23 heavy (non-hydrogen) atoms. The van der Waals surface area contributed by atoms with Crippen molar-refractivity contribution in [1.29, 1.82) is 0 Å². The predicted octanol–water partition coefficient (Wildman–Crippen LogP) is 2.22. The molecule has 0 saturated heterocycles. The number of ether oxygens (including phenoxy) is 2. The third-order valence-corrected chi connectivity index (χ3v) is 3.35. The zero-order valence-electron chi connectivity index (χ0n) is 13.8. The summed E-state index contributed by atoms with van der Waals surface area (Å²) in [5.41, 5.74) is 0. The summed E-state index contributed by atoms with van der Waals surface area (Å²) in [6, 6.07) is 7.47. The molecule has 0 fully saturated rings. The number of rotatable bonds is 9. The van der Waals surface area contributed by atoms with Crippen molar-refractivity contribution in [3.8, 4) is 11.5 Å². The first-order chi connectivity index (χ1) is 11.3. The molecule has 124 valence electrons. The van der Waals surface area contributed by atoms with E-state index in [2.05, 4.69) is 39.2 Å². The fraction of sp³-hybridized carbons (Fsp3) is 0.438. The molecule has 0 unspecified atom stereocenters. The van der Waals surface area contributed by atoms with Crippen LogP contribution in [-0.2, 0) is 0 Å². The molecule has 7 heteroatoms. The summed E-state index contributed by atoms with van der Waals surface area (Å²) < 4.78 is 10.7. The first kappa shape index (κ1) is 16.8. The van der Waals surface area contributed by atoms with E-state index in [1.165, 1.54) is 0 Å². The minimum atomic E-state index is 0.505. The van der Waals surface area contributed by atoms with Crippen LogP contribution < -0.4 is 19.7 Å². The maximum absolute atomic E-state index is 5.64. The number of nitrogens with zero attached hydrogens (tertiary/aromatic N) is 4. The number of hydrogen-bond donors (Lipinski definition) is 1. The minimum Gasteiger partial charge on any atom is -0.497 e. The van der Waals surface area contributed by atoms with Gasteiger partial charge in [0.25, 0.3) is 0 Å². The van der Waals surface area contributed by atoms with Crippen LogP contribution in [0.15, 0.2) is 30.5 Å². The van der Waals surface area contributed by atoms with Gasteiger partial charge in [-0.15, -0.1) is 5.10 Å². The molecule has 1 heterocycles. The lowest BCUT2D eigenvalue weighted by Crippen LogP contribution is -2.24. The number of aromatic nitrogens is 3. The fourth-order valence-electron chi connectivity index (χ4n) is 2.07. The first-order valence-corrected chi connectivity index (χ1v) is 7.72. The Balaban J connectivity index is 1.80.